The Kier molecular flexibility index (Phi) is 4.69. The Balaban J connectivity index is 1.90. The van der Waals surface area contributed by atoms with Crippen molar-refractivity contribution in [3.63, 3.8) is 0 Å². The van der Waals surface area contributed by atoms with Crippen LogP contribution in [0, 0.1) is 13.8 Å². The number of aromatic nitrogens is 2. The van der Waals surface area contributed by atoms with Gasteiger partial charge in [-0.1, -0.05) is 23.7 Å². The fourth-order valence-electron chi connectivity index (χ4n) is 1.87. The van der Waals surface area contributed by atoms with E-state index in [4.69, 9.17) is 11.6 Å². The van der Waals surface area contributed by atoms with Crippen molar-refractivity contribution in [1.29, 1.82) is 0 Å². The SMILES string of the molecule is Cc1ncc(C(=O)NCCc2ccc(Cl)cc2)c(C)n1. The average molecular weight is 290 g/mol. The van der Waals surface area contributed by atoms with Gasteiger partial charge in [-0.25, -0.2) is 9.97 Å². The van der Waals surface area contributed by atoms with Crippen LogP contribution < -0.4 is 5.32 Å². The van der Waals surface area contributed by atoms with Gasteiger partial charge in [-0.15, -0.1) is 0 Å². The molecule has 2 aromatic rings. The van der Waals surface area contributed by atoms with Gasteiger partial charge in [0.2, 0.25) is 0 Å². The maximum absolute atomic E-state index is 12.0. The second-order valence-corrected chi connectivity index (χ2v) is 4.99. The van der Waals surface area contributed by atoms with Crippen molar-refractivity contribution in [2.24, 2.45) is 0 Å². The highest BCUT2D eigenvalue weighted by molar-refractivity contribution is 6.30. The van der Waals surface area contributed by atoms with Crippen molar-refractivity contribution < 1.29 is 4.79 Å². The first-order valence-electron chi connectivity index (χ1n) is 6.39. The smallest absolute Gasteiger partial charge is 0.254 e. The molecule has 1 amide bonds. The molecule has 1 aromatic carbocycles. The van der Waals surface area contributed by atoms with Gasteiger partial charge in [0.15, 0.2) is 0 Å². The number of nitrogens with one attached hydrogen (secondary N) is 1. The molecule has 104 valence electrons. The van der Waals surface area contributed by atoms with Crippen LogP contribution in [0.15, 0.2) is 30.5 Å². The molecule has 20 heavy (non-hydrogen) atoms. The van der Waals surface area contributed by atoms with E-state index in [1.807, 2.05) is 31.2 Å². The average Bonchev–Trinajstić information content (AvgIpc) is 2.41. The summed E-state index contributed by atoms with van der Waals surface area (Å²) in [7, 11) is 0. The first kappa shape index (κ1) is 14.5. The van der Waals surface area contributed by atoms with E-state index in [1.54, 1.807) is 13.1 Å². The monoisotopic (exact) mass is 289 g/mol. The summed E-state index contributed by atoms with van der Waals surface area (Å²) >= 11 is 5.82. The van der Waals surface area contributed by atoms with Crippen LogP contribution >= 0.6 is 11.6 Å². The Morgan fingerprint density at radius 2 is 1.95 bits per heavy atom. The maximum atomic E-state index is 12.0. The van der Waals surface area contributed by atoms with E-state index in [1.165, 1.54) is 0 Å². The largest absolute Gasteiger partial charge is 0.352 e. The van der Waals surface area contributed by atoms with Gasteiger partial charge in [0.25, 0.3) is 5.91 Å². The minimum atomic E-state index is -0.142. The second kappa shape index (κ2) is 6.48. The molecule has 4 nitrogen and oxygen atoms in total. The number of aryl methyl sites for hydroxylation is 2. The maximum Gasteiger partial charge on any atom is 0.254 e. The summed E-state index contributed by atoms with van der Waals surface area (Å²) in [5.74, 6) is 0.525. The van der Waals surface area contributed by atoms with Crippen molar-refractivity contribution >= 4 is 17.5 Å². The molecule has 0 aliphatic rings. The number of nitrogens with zero attached hydrogens (tertiary/aromatic N) is 2. The van der Waals surface area contributed by atoms with E-state index in [0.29, 0.717) is 28.6 Å². The third-order valence-electron chi connectivity index (χ3n) is 2.96. The molecule has 1 heterocycles. The van der Waals surface area contributed by atoms with E-state index >= 15 is 0 Å². The van der Waals surface area contributed by atoms with Gasteiger partial charge >= 0.3 is 0 Å². The summed E-state index contributed by atoms with van der Waals surface area (Å²) in [6.07, 6.45) is 2.32. The molecular weight excluding hydrogens is 274 g/mol. The lowest BCUT2D eigenvalue weighted by molar-refractivity contribution is 0.0952. The van der Waals surface area contributed by atoms with Gasteiger partial charge < -0.3 is 5.32 Å². The zero-order chi connectivity index (χ0) is 14.5. The van der Waals surface area contributed by atoms with Gasteiger partial charge in [0, 0.05) is 17.8 Å². The molecule has 0 aliphatic carbocycles. The number of hydrogen-bond acceptors (Lipinski definition) is 3. The van der Waals surface area contributed by atoms with Crippen molar-refractivity contribution in [2.75, 3.05) is 6.54 Å². The number of carbonyl (C=O) groups is 1. The molecular formula is C15H16ClN3O. The minimum Gasteiger partial charge on any atom is -0.352 e. The summed E-state index contributed by atoms with van der Waals surface area (Å²) in [4.78, 5) is 20.2. The molecule has 0 unspecified atom stereocenters. The fraction of sp³-hybridized carbons (Fsp3) is 0.267. The van der Waals surface area contributed by atoms with Gasteiger partial charge in [-0.05, 0) is 38.0 Å². The first-order valence-corrected chi connectivity index (χ1v) is 6.77. The number of benzene rings is 1. The Morgan fingerprint density at radius 1 is 1.25 bits per heavy atom. The third-order valence-corrected chi connectivity index (χ3v) is 3.21. The highest BCUT2D eigenvalue weighted by Gasteiger charge is 2.10. The lowest BCUT2D eigenvalue weighted by atomic mass is 10.1. The molecule has 0 aliphatic heterocycles. The summed E-state index contributed by atoms with van der Waals surface area (Å²) in [6.45, 7) is 4.17. The van der Waals surface area contributed by atoms with Crippen molar-refractivity contribution in [3.8, 4) is 0 Å². The van der Waals surface area contributed by atoms with Crippen molar-refractivity contribution in [1.82, 2.24) is 15.3 Å². The zero-order valence-corrected chi connectivity index (χ0v) is 12.2. The van der Waals surface area contributed by atoms with Gasteiger partial charge in [-0.2, -0.15) is 0 Å². The second-order valence-electron chi connectivity index (χ2n) is 4.55. The Labute approximate surface area is 123 Å². The Morgan fingerprint density at radius 3 is 2.60 bits per heavy atom. The summed E-state index contributed by atoms with van der Waals surface area (Å²) in [5.41, 5.74) is 2.35. The summed E-state index contributed by atoms with van der Waals surface area (Å²) in [6, 6.07) is 7.59. The van der Waals surface area contributed by atoms with E-state index in [0.717, 1.165) is 12.0 Å². The summed E-state index contributed by atoms with van der Waals surface area (Å²) < 4.78 is 0. The van der Waals surface area contributed by atoms with E-state index in [2.05, 4.69) is 15.3 Å². The fourth-order valence-corrected chi connectivity index (χ4v) is 2.00. The molecule has 1 aromatic heterocycles. The molecule has 0 fully saturated rings. The van der Waals surface area contributed by atoms with E-state index < -0.39 is 0 Å². The topological polar surface area (TPSA) is 54.9 Å². The van der Waals surface area contributed by atoms with Crippen LogP contribution in [0.25, 0.3) is 0 Å². The number of halogens is 1. The van der Waals surface area contributed by atoms with Crippen LogP contribution in [0.3, 0.4) is 0 Å². The number of rotatable bonds is 4. The lowest BCUT2D eigenvalue weighted by Crippen LogP contribution is -2.27. The number of amides is 1. The first-order chi connectivity index (χ1) is 9.56. The standard InChI is InChI=1S/C15H16ClN3O/c1-10-14(9-18-11(2)19-10)15(20)17-8-7-12-3-5-13(16)6-4-12/h3-6,9H,7-8H2,1-2H3,(H,17,20). The quantitative estimate of drug-likeness (QED) is 0.941. The van der Waals surface area contributed by atoms with Gasteiger partial charge in [0.1, 0.15) is 5.82 Å². The predicted molar refractivity (Wildman–Crippen MR) is 79.0 cm³/mol. The summed E-state index contributed by atoms with van der Waals surface area (Å²) in [5, 5.41) is 3.58. The van der Waals surface area contributed by atoms with E-state index in [9.17, 15) is 4.79 Å². The lowest BCUT2D eigenvalue weighted by Gasteiger charge is -2.07. The van der Waals surface area contributed by atoms with Crippen LogP contribution in [0.5, 0.6) is 0 Å². The molecule has 0 radical (unpaired) electrons. The van der Waals surface area contributed by atoms with Crippen LogP contribution in [0.4, 0.5) is 0 Å². The van der Waals surface area contributed by atoms with E-state index in [-0.39, 0.29) is 5.91 Å². The highest BCUT2D eigenvalue weighted by Crippen LogP contribution is 2.09. The predicted octanol–water partition coefficient (Wildman–Crippen LogP) is 2.72. The van der Waals surface area contributed by atoms with Gasteiger partial charge in [-0.3, -0.25) is 4.79 Å². The molecule has 2 rings (SSSR count). The van der Waals surface area contributed by atoms with Crippen molar-refractivity contribution in [3.05, 3.63) is 58.1 Å². The molecule has 0 bridgehead atoms. The molecule has 0 saturated heterocycles. The molecule has 5 heteroatoms. The molecule has 0 spiro atoms. The van der Waals surface area contributed by atoms with Crippen molar-refractivity contribution in [2.45, 2.75) is 20.3 Å². The van der Waals surface area contributed by atoms with Crippen LogP contribution in [-0.4, -0.2) is 22.4 Å². The van der Waals surface area contributed by atoms with Gasteiger partial charge in [0.05, 0.1) is 11.3 Å². The molecule has 0 saturated carbocycles. The number of carbonyl (C=O) groups excluding carboxylic acids is 1. The minimum absolute atomic E-state index is 0.142. The number of hydrogen-bond donors (Lipinski definition) is 1. The Hall–Kier alpha value is -1.94. The van der Waals surface area contributed by atoms with Crippen LogP contribution in [0.2, 0.25) is 5.02 Å². The van der Waals surface area contributed by atoms with Crippen LogP contribution in [0.1, 0.15) is 27.4 Å². The highest BCUT2D eigenvalue weighted by atomic mass is 35.5. The molecule has 0 atom stereocenters. The third kappa shape index (κ3) is 3.78. The molecule has 1 N–H and O–H groups in total. The van der Waals surface area contributed by atoms with Crippen LogP contribution in [-0.2, 0) is 6.42 Å². The normalized spacial score (nSPS) is 10.3. The zero-order valence-electron chi connectivity index (χ0n) is 11.5. The Bertz CT molecular complexity index is 611.